The van der Waals surface area contributed by atoms with Gasteiger partial charge in [-0.05, 0) is 19.9 Å². The van der Waals surface area contributed by atoms with Crippen LogP contribution in [0.3, 0.4) is 0 Å². The van der Waals surface area contributed by atoms with Crippen LogP contribution in [0.2, 0.25) is 5.02 Å². The summed E-state index contributed by atoms with van der Waals surface area (Å²) in [6.45, 7) is 3.90. The summed E-state index contributed by atoms with van der Waals surface area (Å²) in [6.07, 6.45) is -0.928. The molecule has 0 amide bonds. The van der Waals surface area contributed by atoms with Crippen molar-refractivity contribution < 1.29 is 14.5 Å². The third-order valence-corrected chi connectivity index (χ3v) is 4.62. The number of aryl methyl sites for hydroxylation is 2. The van der Waals surface area contributed by atoms with Crippen LogP contribution in [0, 0.1) is 24.0 Å². The highest BCUT2D eigenvalue weighted by atomic mass is 35.5. The smallest absolute Gasteiger partial charge is 0.271 e. The Morgan fingerprint density at radius 3 is 2.07 bits per heavy atom. The zero-order chi connectivity index (χ0) is 20.3. The van der Waals surface area contributed by atoms with Crippen molar-refractivity contribution in [2.75, 3.05) is 0 Å². The highest BCUT2D eigenvalue weighted by molar-refractivity contribution is 6.32. The van der Waals surface area contributed by atoms with E-state index in [4.69, 9.17) is 16.3 Å². The fourth-order valence-corrected chi connectivity index (χ4v) is 2.93. The molecule has 0 aliphatic carbocycles. The largest absolute Gasteiger partial charge is 0.476 e. The van der Waals surface area contributed by atoms with E-state index in [1.807, 2.05) is 50.2 Å². The van der Waals surface area contributed by atoms with Crippen molar-refractivity contribution in [2.45, 2.75) is 20.0 Å². The van der Waals surface area contributed by atoms with Crippen LogP contribution in [0.4, 0.5) is 5.69 Å². The Labute approximate surface area is 167 Å². The molecule has 0 saturated heterocycles. The van der Waals surface area contributed by atoms with E-state index in [1.165, 1.54) is 18.2 Å². The molecule has 0 aliphatic rings. The van der Waals surface area contributed by atoms with Crippen molar-refractivity contribution in [1.29, 1.82) is 0 Å². The Morgan fingerprint density at radius 2 is 1.54 bits per heavy atom. The fourth-order valence-electron chi connectivity index (χ4n) is 2.71. The second-order valence-electron chi connectivity index (χ2n) is 6.51. The first-order chi connectivity index (χ1) is 13.3. The Kier molecular flexibility index (Phi) is 5.76. The van der Waals surface area contributed by atoms with Gasteiger partial charge in [-0.1, -0.05) is 71.3 Å². The molecule has 0 unspecified atom stereocenters. The summed E-state index contributed by atoms with van der Waals surface area (Å²) in [5.41, 5.74) is 3.13. The van der Waals surface area contributed by atoms with Crippen molar-refractivity contribution in [3.63, 3.8) is 0 Å². The van der Waals surface area contributed by atoms with Crippen LogP contribution in [0.15, 0.2) is 66.7 Å². The number of hydrogen-bond acceptors (Lipinski definition) is 4. The Balaban J connectivity index is 1.99. The van der Waals surface area contributed by atoms with Gasteiger partial charge in [0.05, 0.1) is 9.95 Å². The number of non-ortho nitro benzene ring substituents is 1. The zero-order valence-electron chi connectivity index (χ0n) is 15.4. The van der Waals surface area contributed by atoms with E-state index in [9.17, 15) is 14.9 Å². The van der Waals surface area contributed by atoms with Crippen LogP contribution in [-0.2, 0) is 0 Å². The van der Waals surface area contributed by atoms with Crippen LogP contribution < -0.4 is 4.74 Å². The SMILES string of the molecule is Cc1ccc(C(=O)[C@@H](Oc2ccc([N+](=O)[O-])cc2Cl)c2ccc(C)cc2)cc1. The van der Waals surface area contributed by atoms with E-state index in [-0.39, 0.29) is 22.2 Å². The molecule has 142 valence electrons. The molecule has 0 N–H and O–H groups in total. The molecule has 6 heteroatoms. The molecular formula is C22H18ClNO4. The maximum Gasteiger partial charge on any atom is 0.271 e. The lowest BCUT2D eigenvalue weighted by Gasteiger charge is -2.20. The third kappa shape index (κ3) is 4.38. The molecular weight excluding hydrogens is 378 g/mol. The first-order valence-corrected chi connectivity index (χ1v) is 9.01. The van der Waals surface area contributed by atoms with Crippen molar-refractivity contribution in [3.8, 4) is 5.75 Å². The average molecular weight is 396 g/mol. The van der Waals surface area contributed by atoms with Crippen LogP contribution >= 0.6 is 11.6 Å². The predicted molar refractivity (Wildman–Crippen MR) is 108 cm³/mol. The number of nitro groups is 1. The van der Waals surface area contributed by atoms with Crippen molar-refractivity contribution >= 4 is 23.1 Å². The number of Topliss-reactive ketones (excluding diaryl/α,β-unsaturated/α-hetero) is 1. The molecule has 3 aromatic carbocycles. The quantitative estimate of drug-likeness (QED) is 0.297. The number of ketones is 1. The third-order valence-electron chi connectivity index (χ3n) is 4.33. The molecule has 0 heterocycles. The Bertz CT molecular complexity index is 1010. The summed E-state index contributed by atoms with van der Waals surface area (Å²) in [6, 6.07) is 18.6. The van der Waals surface area contributed by atoms with Crippen molar-refractivity contribution in [1.82, 2.24) is 0 Å². The van der Waals surface area contributed by atoms with Crippen molar-refractivity contribution in [2.24, 2.45) is 0 Å². The average Bonchev–Trinajstić information content (AvgIpc) is 2.68. The molecule has 28 heavy (non-hydrogen) atoms. The number of hydrogen-bond donors (Lipinski definition) is 0. The van der Waals surface area contributed by atoms with Crippen LogP contribution in [0.5, 0.6) is 5.75 Å². The number of nitrogens with zero attached hydrogens (tertiary/aromatic N) is 1. The van der Waals surface area contributed by atoms with Gasteiger partial charge in [0.15, 0.2) is 6.10 Å². The summed E-state index contributed by atoms with van der Waals surface area (Å²) in [5, 5.41) is 11.0. The number of halogens is 1. The second kappa shape index (κ2) is 8.23. The van der Waals surface area contributed by atoms with Gasteiger partial charge in [-0.15, -0.1) is 0 Å². The number of rotatable bonds is 6. The molecule has 0 spiro atoms. The molecule has 0 fully saturated rings. The highest BCUT2D eigenvalue weighted by Crippen LogP contribution is 2.33. The van der Waals surface area contributed by atoms with Crippen molar-refractivity contribution in [3.05, 3.63) is 104 Å². The maximum atomic E-state index is 13.2. The number of nitro benzene ring substituents is 1. The zero-order valence-corrected chi connectivity index (χ0v) is 16.1. The summed E-state index contributed by atoms with van der Waals surface area (Å²) in [7, 11) is 0. The highest BCUT2D eigenvalue weighted by Gasteiger charge is 2.25. The second-order valence-corrected chi connectivity index (χ2v) is 6.92. The first kappa shape index (κ1) is 19.6. The van der Waals surface area contributed by atoms with E-state index in [2.05, 4.69) is 0 Å². The van der Waals surface area contributed by atoms with Gasteiger partial charge < -0.3 is 4.74 Å². The minimum atomic E-state index is -0.928. The van der Waals surface area contributed by atoms with Gasteiger partial charge in [-0.25, -0.2) is 0 Å². The van der Waals surface area contributed by atoms with Gasteiger partial charge in [-0.2, -0.15) is 0 Å². The summed E-state index contributed by atoms with van der Waals surface area (Å²) in [5.74, 6) is -0.0171. The van der Waals surface area contributed by atoms with Gasteiger partial charge in [0.1, 0.15) is 5.75 Å². The lowest BCUT2D eigenvalue weighted by atomic mass is 9.98. The van der Waals surface area contributed by atoms with E-state index in [0.29, 0.717) is 11.1 Å². The molecule has 0 aromatic heterocycles. The Hall–Kier alpha value is -3.18. The molecule has 0 bridgehead atoms. The normalized spacial score (nSPS) is 11.7. The van der Waals surface area contributed by atoms with Gasteiger partial charge in [-0.3, -0.25) is 14.9 Å². The van der Waals surface area contributed by atoms with E-state index < -0.39 is 11.0 Å². The number of benzene rings is 3. The fraction of sp³-hybridized carbons (Fsp3) is 0.136. The summed E-state index contributed by atoms with van der Waals surface area (Å²) < 4.78 is 5.95. The maximum absolute atomic E-state index is 13.2. The first-order valence-electron chi connectivity index (χ1n) is 8.63. The number of carbonyl (C=O) groups is 1. The van der Waals surface area contributed by atoms with Crippen LogP contribution in [0.25, 0.3) is 0 Å². The van der Waals surface area contributed by atoms with Gasteiger partial charge in [0.25, 0.3) is 5.69 Å². The molecule has 0 aliphatic heterocycles. The summed E-state index contributed by atoms with van der Waals surface area (Å²) in [4.78, 5) is 23.5. The molecule has 3 aromatic rings. The lowest BCUT2D eigenvalue weighted by Crippen LogP contribution is -2.19. The van der Waals surface area contributed by atoms with Gasteiger partial charge in [0, 0.05) is 23.3 Å². The van der Waals surface area contributed by atoms with Crippen LogP contribution in [-0.4, -0.2) is 10.7 Å². The number of carbonyl (C=O) groups excluding carboxylic acids is 1. The molecule has 3 rings (SSSR count). The van der Waals surface area contributed by atoms with E-state index in [0.717, 1.165) is 11.1 Å². The summed E-state index contributed by atoms with van der Waals surface area (Å²) >= 11 is 6.16. The van der Waals surface area contributed by atoms with E-state index >= 15 is 0 Å². The molecule has 0 radical (unpaired) electrons. The topological polar surface area (TPSA) is 69.4 Å². The minimum Gasteiger partial charge on any atom is -0.476 e. The minimum absolute atomic E-state index is 0.0722. The number of ether oxygens (including phenoxy) is 1. The Morgan fingerprint density at radius 1 is 0.964 bits per heavy atom. The molecule has 0 saturated carbocycles. The standard InChI is InChI=1S/C22H18ClNO4/c1-14-3-7-16(8-4-14)21(25)22(17-9-5-15(2)6-10-17)28-20-12-11-18(24(26)27)13-19(20)23/h3-13,22H,1-2H3/t22-/m0/s1. The van der Waals surface area contributed by atoms with Gasteiger partial charge >= 0.3 is 0 Å². The molecule has 5 nitrogen and oxygen atoms in total. The predicted octanol–water partition coefficient (Wildman–Crippen LogP) is 5.87. The molecule has 1 atom stereocenters. The lowest BCUT2D eigenvalue weighted by molar-refractivity contribution is -0.384. The van der Waals surface area contributed by atoms with Gasteiger partial charge in [0.2, 0.25) is 5.78 Å². The van der Waals surface area contributed by atoms with Crippen LogP contribution in [0.1, 0.15) is 33.2 Å². The van der Waals surface area contributed by atoms with E-state index in [1.54, 1.807) is 12.1 Å². The monoisotopic (exact) mass is 395 g/mol.